The highest BCUT2D eigenvalue weighted by molar-refractivity contribution is 5.48. The Kier molecular flexibility index (Phi) is 3.78. The van der Waals surface area contributed by atoms with Crippen LogP contribution < -0.4 is 5.32 Å². The highest BCUT2D eigenvalue weighted by Crippen LogP contribution is 2.30. The lowest BCUT2D eigenvalue weighted by Gasteiger charge is -2.13. The first kappa shape index (κ1) is 12.4. The van der Waals surface area contributed by atoms with E-state index >= 15 is 0 Å². The Balaban J connectivity index is 2.88. The van der Waals surface area contributed by atoms with Gasteiger partial charge in [0.15, 0.2) is 0 Å². The number of nitriles is 1. The third-order valence-corrected chi connectivity index (χ3v) is 2.09. The highest BCUT2D eigenvalue weighted by Gasteiger charge is 2.30. The maximum atomic E-state index is 12.4. The van der Waals surface area contributed by atoms with Crippen LogP contribution in [0.1, 0.15) is 18.9 Å². The van der Waals surface area contributed by atoms with Crippen LogP contribution in [-0.2, 0) is 6.18 Å². The van der Waals surface area contributed by atoms with Crippen molar-refractivity contribution in [3.8, 4) is 6.07 Å². The van der Waals surface area contributed by atoms with Crippen LogP contribution in [0.15, 0.2) is 24.3 Å². The summed E-state index contributed by atoms with van der Waals surface area (Å²) in [6.45, 7) is 1.79. The van der Waals surface area contributed by atoms with Gasteiger partial charge in [-0.3, -0.25) is 0 Å². The molecule has 1 unspecified atom stereocenters. The molecule has 1 aromatic carbocycles. The second kappa shape index (κ2) is 4.88. The molecule has 0 radical (unpaired) electrons. The minimum Gasteiger partial charge on any atom is -0.370 e. The van der Waals surface area contributed by atoms with Gasteiger partial charge in [-0.05, 0) is 24.6 Å². The monoisotopic (exact) mass is 228 g/mol. The molecule has 0 aliphatic rings. The summed E-state index contributed by atoms with van der Waals surface area (Å²) in [6, 6.07) is 6.32. The quantitative estimate of drug-likeness (QED) is 0.860. The number of nitrogens with zero attached hydrogens (tertiary/aromatic N) is 1. The molecule has 1 atom stereocenters. The first-order valence-electron chi connectivity index (χ1n) is 4.80. The second-order valence-electron chi connectivity index (χ2n) is 3.31. The molecule has 5 heteroatoms. The predicted octanol–water partition coefficient (Wildman–Crippen LogP) is 3.42. The summed E-state index contributed by atoms with van der Waals surface area (Å²) in [7, 11) is 0. The fourth-order valence-corrected chi connectivity index (χ4v) is 1.21. The van der Waals surface area contributed by atoms with E-state index in [4.69, 9.17) is 5.26 Å². The fourth-order valence-electron chi connectivity index (χ4n) is 1.21. The SMILES string of the molecule is CCC(C#N)Nc1cccc(C(F)(F)F)c1. The van der Waals surface area contributed by atoms with Crippen LogP contribution in [0, 0.1) is 11.3 Å². The van der Waals surface area contributed by atoms with Crippen LogP contribution in [0.3, 0.4) is 0 Å². The van der Waals surface area contributed by atoms with Crippen LogP contribution in [-0.4, -0.2) is 6.04 Å². The van der Waals surface area contributed by atoms with Crippen LogP contribution in [0.2, 0.25) is 0 Å². The number of anilines is 1. The van der Waals surface area contributed by atoms with Crippen molar-refractivity contribution < 1.29 is 13.2 Å². The lowest BCUT2D eigenvalue weighted by Crippen LogP contribution is -2.16. The van der Waals surface area contributed by atoms with E-state index in [0.29, 0.717) is 12.1 Å². The Morgan fingerprint density at radius 1 is 1.44 bits per heavy atom. The maximum Gasteiger partial charge on any atom is 0.416 e. The number of nitrogens with one attached hydrogen (secondary N) is 1. The van der Waals surface area contributed by atoms with E-state index in [2.05, 4.69) is 5.32 Å². The third kappa shape index (κ3) is 3.16. The Labute approximate surface area is 91.7 Å². The van der Waals surface area contributed by atoms with E-state index in [0.717, 1.165) is 12.1 Å². The standard InChI is InChI=1S/C11H11F3N2/c1-2-9(7-15)16-10-5-3-4-8(6-10)11(12,13)14/h3-6,9,16H,2H2,1H3. The zero-order valence-electron chi connectivity index (χ0n) is 8.67. The van der Waals surface area contributed by atoms with E-state index in [1.807, 2.05) is 6.07 Å². The van der Waals surface area contributed by atoms with Crippen molar-refractivity contribution in [3.05, 3.63) is 29.8 Å². The number of benzene rings is 1. The zero-order chi connectivity index (χ0) is 12.2. The van der Waals surface area contributed by atoms with E-state index in [1.54, 1.807) is 6.92 Å². The van der Waals surface area contributed by atoms with Gasteiger partial charge in [-0.1, -0.05) is 13.0 Å². The maximum absolute atomic E-state index is 12.4. The first-order valence-corrected chi connectivity index (χ1v) is 4.80. The van der Waals surface area contributed by atoms with E-state index in [-0.39, 0.29) is 0 Å². The highest BCUT2D eigenvalue weighted by atomic mass is 19.4. The van der Waals surface area contributed by atoms with Crippen molar-refractivity contribution in [2.45, 2.75) is 25.6 Å². The van der Waals surface area contributed by atoms with Crippen molar-refractivity contribution in [2.75, 3.05) is 5.32 Å². The average molecular weight is 228 g/mol. The van der Waals surface area contributed by atoms with Gasteiger partial charge in [-0.15, -0.1) is 0 Å². The second-order valence-corrected chi connectivity index (χ2v) is 3.31. The number of alkyl halides is 3. The Bertz CT molecular complexity index is 393. The van der Waals surface area contributed by atoms with E-state index in [1.165, 1.54) is 12.1 Å². The number of hydrogen-bond acceptors (Lipinski definition) is 2. The molecule has 1 N–H and O–H groups in total. The Morgan fingerprint density at radius 2 is 2.12 bits per heavy atom. The van der Waals surface area contributed by atoms with Gasteiger partial charge in [-0.25, -0.2) is 0 Å². The number of rotatable bonds is 3. The first-order chi connectivity index (χ1) is 7.47. The van der Waals surface area contributed by atoms with Gasteiger partial charge in [0.2, 0.25) is 0 Å². The minimum absolute atomic E-state index is 0.309. The Morgan fingerprint density at radius 3 is 2.62 bits per heavy atom. The van der Waals surface area contributed by atoms with Crippen molar-refractivity contribution in [2.24, 2.45) is 0 Å². The summed E-state index contributed by atoms with van der Waals surface area (Å²) < 4.78 is 37.1. The van der Waals surface area contributed by atoms with Gasteiger partial charge in [0.1, 0.15) is 6.04 Å². The van der Waals surface area contributed by atoms with Crippen LogP contribution in [0.25, 0.3) is 0 Å². The summed E-state index contributed by atoms with van der Waals surface area (Å²) >= 11 is 0. The molecule has 16 heavy (non-hydrogen) atoms. The molecule has 0 spiro atoms. The summed E-state index contributed by atoms with van der Waals surface area (Å²) in [5.41, 5.74) is -0.409. The van der Waals surface area contributed by atoms with Crippen molar-refractivity contribution in [3.63, 3.8) is 0 Å². The minimum atomic E-state index is -4.36. The molecular formula is C11H11F3N2. The van der Waals surface area contributed by atoms with Gasteiger partial charge in [0.25, 0.3) is 0 Å². The molecule has 0 amide bonds. The van der Waals surface area contributed by atoms with Crippen LogP contribution >= 0.6 is 0 Å². The van der Waals surface area contributed by atoms with Gasteiger partial charge < -0.3 is 5.32 Å². The molecule has 0 saturated carbocycles. The smallest absolute Gasteiger partial charge is 0.370 e. The molecule has 86 valence electrons. The zero-order valence-corrected chi connectivity index (χ0v) is 8.67. The molecule has 1 aromatic rings. The van der Waals surface area contributed by atoms with Crippen molar-refractivity contribution >= 4 is 5.69 Å². The molecule has 1 rings (SSSR count). The van der Waals surface area contributed by atoms with Gasteiger partial charge in [0.05, 0.1) is 11.6 Å². The lowest BCUT2D eigenvalue weighted by molar-refractivity contribution is -0.137. The third-order valence-electron chi connectivity index (χ3n) is 2.09. The molecule has 2 nitrogen and oxygen atoms in total. The largest absolute Gasteiger partial charge is 0.416 e. The Hall–Kier alpha value is -1.70. The average Bonchev–Trinajstić information content (AvgIpc) is 2.25. The number of halogens is 3. The molecular weight excluding hydrogens is 217 g/mol. The fraction of sp³-hybridized carbons (Fsp3) is 0.364. The molecule has 0 aliphatic heterocycles. The molecule has 0 heterocycles. The predicted molar refractivity (Wildman–Crippen MR) is 54.8 cm³/mol. The van der Waals surface area contributed by atoms with Crippen LogP contribution in [0.5, 0.6) is 0 Å². The van der Waals surface area contributed by atoms with Gasteiger partial charge in [0, 0.05) is 5.69 Å². The summed E-state index contributed by atoms with van der Waals surface area (Å²) in [5, 5.41) is 11.4. The van der Waals surface area contributed by atoms with Gasteiger partial charge in [-0.2, -0.15) is 18.4 Å². The molecule has 0 saturated heterocycles. The number of hydrogen-bond donors (Lipinski definition) is 1. The molecule has 0 fully saturated rings. The normalized spacial score (nSPS) is 12.9. The van der Waals surface area contributed by atoms with Crippen molar-refractivity contribution in [1.82, 2.24) is 0 Å². The summed E-state index contributed by atoms with van der Waals surface area (Å²) in [5.74, 6) is 0. The topological polar surface area (TPSA) is 35.8 Å². The molecule has 0 bridgehead atoms. The summed E-state index contributed by atoms with van der Waals surface area (Å²) in [6.07, 6.45) is -3.82. The van der Waals surface area contributed by atoms with Gasteiger partial charge >= 0.3 is 6.18 Å². The van der Waals surface area contributed by atoms with E-state index in [9.17, 15) is 13.2 Å². The molecule has 0 aliphatic carbocycles. The molecule has 0 aromatic heterocycles. The van der Waals surface area contributed by atoms with Crippen molar-refractivity contribution in [1.29, 1.82) is 5.26 Å². The van der Waals surface area contributed by atoms with E-state index < -0.39 is 17.8 Å². The van der Waals surface area contributed by atoms with Crippen LogP contribution in [0.4, 0.5) is 18.9 Å². The summed E-state index contributed by atoms with van der Waals surface area (Å²) in [4.78, 5) is 0. The lowest BCUT2D eigenvalue weighted by atomic mass is 10.1.